The smallest absolute Gasteiger partial charge is 0.130 e. The van der Waals surface area contributed by atoms with E-state index in [4.69, 9.17) is 0 Å². The van der Waals surface area contributed by atoms with E-state index >= 15 is 0 Å². The fraction of sp³-hybridized carbons (Fsp3) is 0.857. The van der Waals surface area contributed by atoms with E-state index in [2.05, 4.69) is 17.9 Å². The number of thiol groups is 1. The predicted molar refractivity (Wildman–Crippen MR) is 46.6 cm³/mol. The molecule has 2 nitrogen and oxygen atoms in total. The van der Waals surface area contributed by atoms with E-state index in [1.807, 2.05) is 7.05 Å². The second-order valence-electron chi connectivity index (χ2n) is 2.51. The predicted octanol–water partition coefficient (Wildman–Crippen LogP) is 0.731. The van der Waals surface area contributed by atoms with Crippen molar-refractivity contribution in [2.24, 2.45) is 5.92 Å². The Morgan fingerprint density at radius 1 is 1.70 bits per heavy atom. The average molecular weight is 161 g/mol. The summed E-state index contributed by atoms with van der Waals surface area (Å²) in [5, 5.41) is 3.02. The van der Waals surface area contributed by atoms with Crippen LogP contribution in [0.15, 0.2) is 0 Å². The van der Waals surface area contributed by atoms with Crippen LogP contribution in [-0.2, 0) is 4.79 Å². The van der Waals surface area contributed by atoms with Crippen LogP contribution in [0.3, 0.4) is 0 Å². The Kier molecular flexibility index (Phi) is 5.73. The standard InChI is InChI=1S/C7H15NOS/c1-6(9)3-7(5-10)4-8-2/h7-8,10H,3-5H2,1-2H3. The summed E-state index contributed by atoms with van der Waals surface area (Å²) in [6, 6.07) is 0. The third-order valence-electron chi connectivity index (χ3n) is 1.33. The van der Waals surface area contributed by atoms with E-state index < -0.39 is 0 Å². The normalized spacial score (nSPS) is 13.1. The number of ketones is 1. The lowest BCUT2D eigenvalue weighted by Crippen LogP contribution is -2.21. The molecule has 1 atom stereocenters. The molecule has 0 aliphatic heterocycles. The Morgan fingerprint density at radius 3 is 2.60 bits per heavy atom. The zero-order chi connectivity index (χ0) is 7.98. The van der Waals surface area contributed by atoms with Crippen molar-refractivity contribution in [2.45, 2.75) is 13.3 Å². The van der Waals surface area contributed by atoms with E-state index in [1.54, 1.807) is 6.92 Å². The second-order valence-corrected chi connectivity index (χ2v) is 2.88. The molecule has 0 heterocycles. The van der Waals surface area contributed by atoms with Crippen molar-refractivity contribution >= 4 is 18.4 Å². The summed E-state index contributed by atoms with van der Waals surface area (Å²) in [6.07, 6.45) is 0.643. The molecule has 1 unspecified atom stereocenters. The number of rotatable bonds is 5. The van der Waals surface area contributed by atoms with Crippen molar-refractivity contribution in [3.05, 3.63) is 0 Å². The third-order valence-corrected chi connectivity index (χ3v) is 1.84. The van der Waals surface area contributed by atoms with Crippen LogP contribution in [0.5, 0.6) is 0 Å². The van der Waals surface area contributed by atoms with Gasteiger partial charge in [-0.3, -0.25) is 0 Å². The van der Waals surface area contributed by atoms with Gasteiger partial charge in [0, 0.05) is 6.42 Å². The minimum atomic E-state index is 0.245. The zero-order valence-corrected chi connectivity index (χ0v) is 7.45. The van der Waals surface area contributed by atoms with E-state index in [0.29, 0.717) is 12.3 Å². The lowest BCUT2D eigenvalue weighted by atomic mass is 10.1. The van der Waals surface area contributed by atoms with Crippen molar-refractivity contribution in [3.8, 4) is 0 Å². The van der Waals surface area contributed by atoms with E-state index in [1.165, 1.54) is 0 Å². The Hall–Kier alpha value is -0.0200. The Balaban J connectivity index is 3.49. The van der Waals surface area contributed by atoms with Gasteiger partial charge in [-0.1, -0.05) is 0 Å². The maximum Gasteiger partial charge on any atom is 0.130 e. The fourth-order valence-corrected chi connectivity index (χ4v) is 1.15. The highest BCUT2D eigenvalue weighted by molar-refractivity contribution is 7.80. The molecule has 0 aliphatic rings. The number of hydrogen-bond acceptors (Lipinski definition) is 3. The molecular weight excluding hydrogens is 146 g/mol. The van der Waals surface area contributed by atoms with Crippen molar-refractivity contribution in [1.29, 1.82) is 0 Å². The van der Waals surface area contributed by atoms with Crippen LogP contribution in [0, 0.1) is 5.92 Å². The SMILES string of the molecule is CNCC(CS)CC(C)=O. The summed E-state index contributed by atoms with van der Waals surface area (Å²) in [5.41, 5.74) is 0. The van der Waals surface area contributed by atoms with Crippen LogP contribution in [0.4, 0.5) is 0 Å². The van der Waals surface area contributed by atoms with E-state index in [0.717, 1.165) is 12.3 Å². The molecule has 0 amide bonds. The van der Waals surface area contributed by atoms with Gasteiger partial charge in [0.1, 0.15) is 5.78 Å². The van der Waals surface area contributed by atoms with Gasteiger partial charge in [0.25, 0.3) is 0 Å². The van der Waals surface area contributed by atoms with Gasteiger partial charge in [-0.2, -0.15) is 12.6 Å². The molecule has 0 aliphatic carbocycles. The van der Waals surface area contributed by atoms with Gasteiger partial charge in [-0.05, 0) is 32.2 Å². The molecule has 0 aromatic heterocycles. The van der Waals surface area contributed by atoms with Gasteiger partial charge >= 0.3 is 0 Å². The summed E-state index contributed by atoms with van der Waals surface area (Å²) in [6.45, 7) is 2.50. The van der Waals surface area contributed by atoms with E-state index in [-0.39, 0.29) is 5.78 Å². The van der Waals surface area contributed by atoms with E-state index in [9.17, 15) is 4.79 Å². The summed E-state index contributed by atoms with van der Waals surface area (Å²) in [5.74, 6) is 1.42. The number of carbonyl (C=O) groups is 1. The molecule has 0 aromatic rings. The lowest BCUT2D eigenvalue weighted by molar-refractivity contribution is -0.117. The summed E-state index contributed by atoms with van der Waals surface area (Å²) in [7, 11) is 1.89. The average Bonchev–Trinajstić information content (AvgIpc) is 1.86. The van der Waals surface area contributed by atoms with Crippen molar-refractivity contribution in [3.63, 3.8) is 0 Å². The number of Topliss-reactive ketones (excluding diaryl/α,β-unsaturated/α-hetero) is 1. The maximum absolute atomic E-state index is 10.6. The molecule has 0 saturated carbocycles. The third kappa shape index (κ3) is 4.82. The van der Waals surface area contributed by atoms with Crippen molar-refractivity contribution < 1.29 is 4.79 Å². The first-order valence-corrected chi connectivity index (χ1v) is 4.08. The van der Waals surface area contributed by atoms with Gasteiger partial charge in [-0.15, -0.1) is 0 Å². The lowest BCUT2D eigenvalue weighted by Gasteiger charge is -2.10. The monoisotopic (exact) mass is 161 g/mol. The van der Waals surface area contributed by atoms with Crippen LogP contribution >= 0.6 is 12.6 Å². The molecule has 3 heteroatoms. The Bertz CT molecular complexity index is 106. The largest absolute Gasteiger partial charge is 0.319 e. The van der Waals surface area contributed by atoms with Gasteiger partial charge in [-0.25, -0.2) is 0 Å². The minimum Gasteiger partial charge on any atom is -0.319 e. The van der Waals surface area contributed by atoms with Gasteiger partial charge in [0.2, 0.25) is 0 Å². The molecule has 0 fully saturated rings. The molecule has 0 saturated heterocycles. The second kappa shape index (κ2) is 5.74. The first-order chi connectivity index (χ1) is 4.70. The van der Waals surface area contributed by atoms with Crippen LogP contribution in [0.1, 0.15) is 13.3 Å². The van der Waals surface area contributed by atoms with Crippen LogP contribution in [-0.4, -0.2) is 25.1 Å². The highest BCUT2D eigenvalue weighted by atomic mass is 32.1. The molecule has 1 N–H and O–H groups in total. The minimum absolute atomic E-state index is 0.245. The number of nitrogens with one attached hydrogen (secondary N) is 1. The van der Waals surface area contributed by atoms with Crippen LogP contribution in [0.2, 0.25) is 0 Å². The summed E-state index contributed by atoms with van der Waals surface area (Å²) in [4.78, 5) is 10.6. The molecule has 0 radical (unpaired) electrons. The first kappa shape index (κ1) is 9.98. The maximum atomic E-state index is 10.6. The summed E-state index contributed by atoms with van der Waals surface area (Å²) < 4.78 is 0. The van der Waals surface area contributed by atoms with Crippen LogP contribution < -0.4 is 5.32 Å². The zero-order valence-electron chi connectivity index (χ0n) is 6.55. The summed E-state index contributed by atoms with van der Waals surface area (Å²) >= 11 is 4.13. The highest BCUT2D eigenvalue weighted by Gasteiger charge is 2.07. The van der Waals surface area contributed by atoms with Crippen LogP contribution in [0.25, 0.3) is 0 Å². The quantitative estimate of drug-likeness (QED) is 0.582. The van der Waals surface area contributed by atoms with Crippen molar-refractivity contribution in [2.75, 3.05) is 19.3 Å². The number of hydrogen-bond donors (Lipinski definition) is 2. The molecule has 0 aromatic carbocycles. The topological polar surface area (TPSA) is 29.1 Å². The van der Waals surface area contributed by atoms with Gasteiger partial charge < -0.3 is 10.1 Å². The molecule has 0 spiro atoms. The number of carbonyl (C=O) groups excluding carboxylic acids is 1. The Morgan fingerprint density at radius 2 is 2.30 bits per heavy atom. The van der Waals surface area contributed by atoms with Gasteiger partial charge in [0.15, 0.2) is 0 Å². The van der Waals surface area contributed by atoms with Gasteiger partial charge in [0.05, 0.1) is 0 Å². The first-order valence-electron chi connectivity index (χ1n) is 3.45. The molecule has 0 rings (SSSR count). The van der Waals surface area contributed by atoms with Crippen molar-refractivity contribution in [1.82, 2.24) is 5.32 Å². The highest BCUT2D eigenvalue weighted by Crippen LogP contribution is 2.03. The molecular formula is C7H15NOS. The molecule has 10 heavy (non-hydrogen) atoms. The fourth-order valence-electron chi connectivity index (χ4n) is 0.896. The Labute approximate surface area is 67.8 Å². The molecule has 0 bridgehead atoms. The molecule has 60 valence electrons.